The lowest BCUT2D eigenvalue weighted by molar-refractivity contribution is 0.0458. The molecule has 0 saturated carbocycles. The fourth-order valence-corrected chi connectivity index (χ4v) is 1.27. The molecular formula is C11H13F3O3. The smallest absolute Gasteiger partial charge is 0.270 e. The van der Waals surface area contributed by atoms with Crippen molar-refractivity contribution in [2.75, 3.05) is 20.5 Å². The van der Waals surface area contributed by atoms with Gasteiger partial charge in [-0.2, -0.15) is 0 Å². The maximum Gasteiger partial charge on any atom is 0.270 e. The summed E-state index contributed by atoms with van der Waals surface area (Å²) in [6, 6.07) is 2.48. The Balaban J connectivity index is 3.10. The summed E-state index contributed by atoms with van der Waals surface area (Å²) in [5.74, 6) is -1.56. The molecule has 6 heteroatoms. The molecule has 1 aromatic rings. The fourth-order valence-electron chi connectivity index (χ4n) is 1.27. The van der Waals surface area contributed by atoms with Gasteiger partial charge in [0.05, 0.1) is 12.2 Å². The maximum absolute atomic E-state index is 13.7. The Morgan fingerprint density at radius 3 is 2.35 bits per heavy atom. The minimum absolute atomic E-state index is 0.192. The highest BCUT2D eigenvalue weighted by Gasteiger charge is 2.23. The van der Waals surface area contributed by atoms with Gasteiger partial charge in [-0.25, -0.2) is 13.2 Å². The predicted octanol–water partition coefficient (Wildman–Crippen LogP) is 3.14. The molecule has 0 N–H and O–H groups in total. The molecule has 0 heterocycles. The summed E-state index contributed by atoms with van der Waals surface area (Å²) < 4.78 is 53.4. The molecule has 0 bridgehead atoms. The molecule has 0 spiro atoms. The van der Waals surface area contributed by atoms with Gasteiger partial charge < -0.3 is 14.2 Å². The predicted molar refractivity (Wildman–Crippen MR) is 55.0 cm³/mol. The van der Waals surface area contributed by atoms with Gasteiger partial charge in [-0.05, 0) is 19.1 Å². The lowest BCUT2D eigenvalue weighted by Gasteiger charge is -2.13. The first kappa shape index (κ1) is 13.6. The van der Waals surface area contributed by atoms with E-state index in [9.17, 15) is 13.2 Å². The molecule has 1 aromatic carbocycles. The molecule has 0 aliphatic rings. The van der Waals surface area contributed by atoms with E-state index in [0.717, 1.165) is 0 Å². The number of alkyl halides is 2. The van der Waals surface area contributed by atoms with Gasteiger partial charge in [0.25, 0.3) is 6.43 Å². The number of ether oxygens (including phenoxy) is 3. The minimum Gasteiger partial charge on any atom is -0.491 e. The maximum atomic E-state index is 13.7. The molecule has 0 amide bonds. The largest absolute Gasteiger partial charge is 0.491 e. The van der Waals surface area contributed by atoms with Crippen LogP contribution in [0.3, 0.4) is 0 Å². The Morgan fingerprint density at radius 2 is 1.82 bits per heavy atom. The third-order valence-corrected chi connectivity index (χ3v) is 1.95. The summed E-state index contributed by atoms with van der Waals surface area (Å²) in [6.45, 7) is 1.60. The standard InChI is InChI=1S/C11H13F3O3/c1-3-16-8-5-4-7(17-6-15-2)9(10(8)12)11(13)14/h4-5,11H,3,6H2,1-2H3. The lowest BCUT2D eigenvalue weighted by atomic mass is 10.2. The first-order valence-electron chi connectivity index (χ1n) is 4.96. The molecule has 17 heavy (non-hydrogen) atoms. The molecule has 96 valence electrons. The van der Waals surface area contributed by atoms with Crippen molar-refractivity contribution < 1.29 is 27.4 Å². The number of hydrogen-bond donors (Lipinski definition) is 0. The highest BCUT2D eigenvalue weighted by Crippen LogP contribution is 2.36. The summed E-state index contributed by atoms with van der Waals surface area (Å²) in [6.07, 6.45) is -2.98. The lowest BCUT2D eigenvalue weighted by Crippen LogP contribution is -2.05. The van der Waals surface area contributed by atoms with Crippen molar-refractivity contribution in [3.05, 3.63) is 23.5 Å². The van der Waals surface area contributed by atoms with Crippen LogP contribution < -0.4 is 9.47 Å². The van der Waals surface area contributed by atoms with E-state index in [0.29, 0.717) is 0 Å². The van der Waals surface area contributed by atoms with E-state index in [1.54, 1.807) is 6.92 Å². The molecule has 0 aliphatic carbocycles. The highest BCUT2D eigenvalue weighted by atomic mass is 19.3. The van der Waals surface area contributed by atoms with E-state index in [4.69, 9.17) is 9.47 Å². The molecule has 0 atom stereocenters. The van der Waals surface area contributed by atoms with E-state index in [-0.39, 0.29) is 24.9 Å². The molecule has 0 aromatic heterocycles. The van der Waals surface area contributed by atoms with E-state index in [2.05, 4.69) is 4.74 Å². The third kappa shape index (κ3) is 3.26. The van der Waals surface area contributed by atoms with Gasteiger partial charge in [-0.1, -0.05) is 0 Å². The molecular weight excluding hydrogens is 237 g/mol. The zero-order valence-corrected chi connectivity index (χ0v) is 9.50. The number of benzene rings is 1. The van der Waals surface area contributed by atoms with Crippen LogP contribution in [-0.4, -0.2) is 20.5 Å². The molecule has 0 fully saturated rings. The van der Waals surface area contributed by atoms with Crippen LogP contribution in [0.25, 0.3) is 0 Å². The van der Waals surface area contributed by atoms with Crippen LogP contribution in [0, 0.1) is 5.82 Å². The van der Waals surface area contributed by atoms with Crippen molar-refractivity contribution in [3.8, 4) is 11.5 Å². The third-order valence-electron chi connectivity index (χ3n) is 1.95. The number of hydrogen-bond acceptors (Lipinski definition) is 3. The van der Waals surface area contributed by atoms with E-state index in [1.807, 2.05) is 0 Å². The van der Waals surface area contributed by atoms with E-state index < -0.39 is 17.8 Å². The molecule has 1 rings (SSSR count). The SMILES string of the molecule is CCOc1ccc(OCOC)c(C(F)F)c1F. The van der Waals surface area contributed by atoms with Gasteiger partial charge in [0.2, 0.25) is 0 Å². The summed E-state index contributed by atoms with van der Waals surface area (Å²) in [5, 5.41) is 0. The molecule has 0 radical (unpaired) electrons. The monoisotopic (exact) mass is 250 g/mol. The van der Waals surface area contributed by atoms with Gasteiger partial charge in [-0.3, -0.25) is 0 Å². The second kappa shape index (κ2) is 6.34. The Labute approximate surface area is 97.1 Å². The quantitative estimate of drug-likeness (QED) is 0.726. The Kier molecular flexibility index (Phi) is 5.09. The first-order chi connectivity index (χ1) is 8.11. The van der Waals surface area contributed by atoms with Crippen molar-refractivity contribution >= 4 is 0 Å². The summed E-state index contributed by atoms with van der Waals surface area (Å²) >= 11 is 0. The second-order valence-corrected chi connectivity index (χ2v) is 3.07. The minimum atomic E-state index is -2.98. The van der Waals surface area contributed by atoms with Crippen LogP contribution in [0.5, 0.6) is 11.5 Å². The van der Waals surface area contributed by atoms with E-state index >= 15 is 0 Å². The fraction of sp³-hybridized carbons (Fsp3) is 0.455. The van der Waals surface area contributed by atoms with Crippen LogP contribution in [0.2, 0.25) is 0 Å². The average molecular weight is 250 g/mol. The molecule has 3 nitrogen and oxygen atoms in total. The number of rotatable bonds is 6. The molecule has 0 aliphatic heterocycles. The summed E-state index contributed by atoms with van der Waals surface area (Å²) in [4.78, 5) is 0. The summed E-state index contributed by atoms with van der Waals surface area (Å²) in [5.41, 5.74) is -0.812. The topological polar surface area (TPSA) is 27.7 Å². The number of methoxy groups -OCH3 is 1. The van der Waals surface area contributed by atoms with Crippen LogP contribution in [0.15, 0.2) is 12.1 Å². The van der Waals surface area contributed by atoms with Crippen molar-refractivity contribution in [3.63, 3.8) is 0 Å². The normalized spacial score (nSPS) is 10.7. The Morgan fingerprint density at radius 1 is 1.18 bits per heavy atom. The van der Waals surface area contributed by atoms with Crippen molar-refractivity contribution in [1.82, 2.24) is 0 Å². The Hall–Kier alpha value is -1.43. The van der Waals surface area contributed by atoms with Crippen LogP contribution in [-0.2, 0) is 4.74 Å². The Bertz CT molecular complexity index is 369. The van der Waals surface area contributed by atoms with Crippen molar-refractivity contribution in [2.24, 2.45) is 0 Å². The average Bonchev–Trinajstić information content (AvgIpc) is 2.29. The molecule has 0 unspecified atom stereocenters. The first-order valence-corrected chi connectivity index (χ1v) is 4.96. The van der Waals surface area contributed by atoms with Crippen LogP contribution in [0.1, 0.15) is 18.9 Å². The highest BCUT2D eigenvalue weighted by molar-refractivity contribution is 5.42. The zero-order valence-electron chi connectivity index (χ0n) is 9.50. The van der Waals surface area contributed by atoms with Gasteiger partial charge in [0.1, 0.15) is 5.75 Å². The van der Waals surface area contributed by atoms with Crippen LogP contribution >= 0.6 is 0 Å². The zero-order chi connectivity index (χ0) is 12.8. The van der Waals surface area contributed by atoms with Crippen molar-refractivity contribution in [1.29, 1.82) is 0 Å². The van der Waals surface area contributed by atoms with Gasteiger partial charge >= 0.3 is 0 Å². The number of halogens is 3. The summed E-state index contributed by atoms with van der Waals surface area (Å²) in [7, 11) is 1.34. The van der Waals surface area contributed by atoms with Gasteiger partial charge in [0, 0.05) is 7.11 Å². The van der Waals surface area contributed by atoms with Crippen LogP contribution in [0.4, 0.5) is 13.2 Å². The molecule has 0 saturated heterocycles. The van der Waals surface area contributed by atoms with Gasteiger partial charge in [0.15, 0.2) is 18.4 Å². The van der Waals surface area contributed by atoms with Gasteiger partial charge in [-0.15, -0.1) is 0 Å². The van der Waals surface area contributed by atoms with E-state index in [1.165, 1.54) is 19.2 Å². The second-order valence-electron chi connectivity index (χ2n) is 3.07. The van der Waals surface area contributed by atoms with Crippen molar-refractivity contribution in [2.45, 2.75) is 13.3 Å².